The summed E-state index contributed by atoms with van der Waals surface area (Å²) in [6, 6.07) is 14.9. The molecule has 1 N–H and O–H groups in total. The van der Waals surface area contributed by atoms with Crippen molar-refractivity contribution >= 4 is 22.5 Å². The monoisotopic (exact) mass is 486 g/mol. The fourth-order valence-corrected chi connectivity index (χ4v) is 4.35. The van der Waals surface area contributed by atoms with Crippen molar-refractivity contribution in [2.24, 2.45) is 0 Å². The highest BCUT2D eigenvalue weighted by atomic mass is 19.2. The van der Waals surface area contributed by atoms with E-state index in [4.69, 9.17) is 5.26 Å². The number of aromatic nitrogens is 3. The summed E-state index contributed by atoms with van der Waals surface area (Å²) in [5.41, 5.74) is 1.31. The van der Waals surface area contributed by atoms with Gasteiger partial charge < -0.3 is 9.80 Å². The van der Waals surface area contributed by atoms with Gasteiger partial charge in [0.2, 0.25) is 0 Å². The zero-order valence-electron chi connectivity index (χ0n) is 19.0. The maximum Gasteiger partial charge on any atom is 0.275 e. The molecule has 10 heteroatoms. The van der Waals surface area contributed by atoms with Crippen molar-refractivity contribution in [1.29, 1.82) is 5.26 Å². The van der Waals surface area contributed by atoms with Crippen molar-refractivity contribution in [3.8, 4) is 6.07 Å². The molecule has 36 heavy (non-hydrogen) atoms. The van der Waals surface area contributed by atoms with E-state index in [1.807, 2.05) is 12.1 Å². The summed E-state index contributed by atoms with van der Waals surface area (Å²) in [5, 5.41) is 15.0. The number of H-pyrrole nitrogens is 1. The molecule has 0 aliphatic carbocycles. The quantitative estimate of drug-likeness (QED) is 0.475. The maximum atomic E-state index is 14.2. The van der Waals surface area contributed by atoms with Gasteiger partial charge in [-0.1, -0.05) is 12.1 Å². The standard InChI is InChI=1S/C26H20F2N6O2/c27-20-6-5-19-21(31-32-25(35)23(19)24(20)28)13-16-2-1-3-18(12-16)26(36)34-10-8-33(9-11-34)22-7-4-17(14-29)15-30-22/h1-7,12,15H,8-11,13H2,(H,32,35). The predicted octanol–water partition coefficient (Wildman–Crippen LogP) is 3.02. The van der Waals surface area contributed by atoms with Crippen molar-refractivity contribution in [2.45, 2.75) is 6.42 Å². The molecule has 5 rings (SSSR count). The van der Waals surface area contributed by atoms with Gasteiger partial charge in [0.15, 0.2) is 11.6 Å². The van der Waals surface area contributed by atoms with Crippen LogP contribution >= 0.6 is 0 Å². The van der Waals surface area contributed by atoms with E-state index >= 15 is 0 Å². The predicted molar refractivity (Wildman–Crippen MR) is 129 cm³/mol. The molecule has 0 atom stereocenters. The molecule has 0 bridgehead atoms. The van der Waals surface area contributed by atoms with Gasteiger partial charge in [0.05, 0.1) is 16.6 Å². The molecule has 1 amide bonds. The Morgan fingerprint density at radius 2 is 1.89 bits per heavy atom. The lowest BCUT2D eigenvalue weighted by Crippen LogP contribution is -2.49. The minimum absolute atomic E-state index is 0.114. The zero-order valence-corrected chi connectivity index (χ0v) is 19.0. The highest BCUT2D eigenvalue weighted by Crippen LogP contribution is 2.22. The molecule has 1 aliphatic rings. The van der Waals surface area contributed by atoms with Crippen LogP contribution in [0, 0.1) is 23.0 Å². The molecular formula is C26H20F2N6O2. The van der Waals surface area contributed by atoms with Gasteiger partial charge >= 0.3 is 0 Å². The van der Waals surface area contributed by atoms with E-state index < -0.39 is 17.2 Å². The first-order valence-electron chi connectivity index (χ1n) is 11.3. The first kappa shape index (κ1) is 23.1. The molecule has 0 unspecified atom stereocenters. The number of hydrogen-bond acceptors (Lipinski definition) is 6. The van der Waals surface area contributed by atoms with Crippen LogP contribution in [-0.2, 0) is 6.42 Å². The molecular weight excluding hydrogens is 466 g/mol. The number of nitrogens with zero attached hydrogens (tertiary/aromatic N) is 5. The van der Waals surface area contributed by atoms with Gasteiger partial charge in [-0.25, -0.2) is 18.9 Å². The van der Waals surface area contributed by atoms with E-state index in [1.165, 1.54) is 12.3 Å². The summed E-state index contributed by atoms with van der Waals surface area (Å²) in [7, 11) is 0. The number of anilines is 1. The van der Waals surface area contributed by atoms with E-state index in [0.717, 1.165) is 17.4 Å². The molecule has 3 heterocycles. The number of aromatic amines is 1. The molecule has 4 aromatic rings. The van der Waals surface area contributed by atoms with Crippen molar-refractivity contribution in [2.75, 3.05) is 31.1 Å². The van der Waals surface area contributed by atoms with E-state index in [2.05, 4.69) is 20.1 Å². The van der Waals surface area contributed by atoms with E-state index in [9.17, 15) is 18.4 Å². The first-order valence-corrected chi connectivity index (χ1v) is 11.3. The summed E-state index contributed by atoms with van der Waals surface area (Å²) in [4.78, 5) is 33.3. The molecule has 1 aliphatic heterocycles. The molecule has 0 radical (unpaired) electrons. The Labute approximate surface area is 204 Å². The highest BCUT2D eigenvalue weighted by Gasteiger charge is 2.23. The Hall–Kier alpha value is -4.65. The van der Waals surface area contributed by atoms with Crippen LogP contribution in [0.5, 0.6) is 0 Å². The van der Waals surface area contributed by atoms with Gasteiger partial charge in [0.1, 0.15) is 11.9 Å². The second-order valence-electron chi connectivity index (χ2n) is 8.46. The second-order valence-corrected chi connectivity index (χ2v) is 8.46. The minimum atomic E-state index is -1.21. The van der Waals surface area contributed by atoms with Crippen molar-refractivity contribution in [3.05, 3.63) is 99.1 Å². The molecule has 8 nitrogen and oxygen atoms in total. The number of rotatable bonds is 4. The molecule has 1 fully saturated rings. The van der Waals surface area contributed by atoms with Gasteiger partial charge in [-0.05, 0) is 42.0 Å². The van der Waals surface area contributed by atoms with Crippen LogP contribution in [0.25, 0.3) is 10.8 Å². The number of fused-ring (bicyclic) bond motifs is 1. The van der Waals surface area contributed by atoms with Gasteiger partial charge in [-0.3, -0.25) is 9.59 Å². The molecule has 0 saturated carbocycles. The van der Waals surface area contributed by atoms with Gasteiger partial charge in [-0.15, -0.1) is 0 Å². The second kappa shape index (κ2) is 9.54. The SMILES string of the molecule is N#Cc1ccc(N2CCN(C(=O)c3cccc(Cc4n[nH]c(=O)c5c(F)c(F)ccc45)c3)CC2)nc1. The lowest BCUT2D eigenvalue weighted by molar-refractivity contribution is 0.0746. The Kier molecular flexibility index (Phi) is 6.12. The van der Waals surface area contributed by atoms with Crippen LogP contribution in [0.2, 0.25) is 0 Å². The average Bonchev–Trinajstić information content (AvgIpc) is 2.92. The Bertz CT molecular complexity index is 1550. The summed E-state index contributed by atoms with van der Waals surface area (Å²) >= 11 is 0. The number of halogens is 2. The number of nitrogens with one attached hydrogen (secondary N) is 1. The summed E-state index contributed by atoms with van der Waals surface area (Å²) in [5.74, 6) is -1.67. The largest absolute Gasteiger partial charge is 0.353 e. The number of piperazine rings is 1. The highest BCUT2D eigenvalue weighted by molar-refractivity contribution is 5.94. The van der Waals surface area contributed by atoms with E-state index in [0.29, 0.717) is 43.0 Å². The van der Waals surface area contributed by atoms with Gasteiger partial charge in [0, 0.05) is 49.7 Å². The molecule has 0 spiro atoms. The summed E-state index contributed by atoms with van der Waals surface area (Å²) in [6.45, 7) is 2.25. The maximum absolute atomic E-state index is 14.2. The van der Waals surface area contributed by atoms with Gasteiger partial charge in [0.25, 0.3) is 11.5 Å². The number of benzene rings is 2. The third-order valence-corrected chi connectivity index (χ3v) is 6.24. The van der Waals surface area contributed by atoms with Crippen LogP contribution in [0.4, 0.5) is 14.6 Å². The smallest absolute Gasteiger partial charge is 0.275 e. The summed E-state index contributed by atoms with van der Waals surface area (Å²) < 4.78 is 27.9. The Balaban J connectivity index is 1.31. The third kappa shape index (κ3) is 4.38. The lowest BCUT2D eigenvalue weighted by atomic mass is 10.0. The van der Waals surface area contributed by atoms with Crippen molar-refractivity contribution in [1.82, 2.24) is 20.1 Å². The van der Waals surface area contributed by atoms with Crippen LogP contribution in [0.15, 0.2) is 59.5 Å². The van der Waals surface area contributed by atoms with Crippen LogP contribution in [0.1, 0.15) is 27.2 Å². The summed E-state index contributed by atoms with van der Waals surface area (Å²) in [6.07, 6.45) is 1.75. The van der Waals surface area contributed by atoms with Crippen LogP contribution in [0.3, 0.4) is 0 Å². The number of hydrogen-bond donors (Lipinski definition) is 1. The zero-order chi connectivity index (χ0) is 25.2. The molecule has 1 saturated heterocycles. The minimum Gasteiger partial charge on any atom is -0.353 e. The molecule has 2 aromatic heterocycles. The first-order chi connectivity index (χ1) is 17.4. The number of nitriles is 1. The number of pyridine rings is 1. The normalized spacial score (nSPS) is 13.6. The van der Waals surface area contributed by atoms with Crippen molar-refractivity contribution in [3.63, 3.8) is 0 Å². The fraction of sp³-hybridized carbons (Fsp3) is 0.192. The van der Waals surface area contributed by atoms with Crippen LogP contribution in [-0.4, -0.2) is 52.2 Å². The molecule has 180 valence electrons. The lowest BCUT2D eigenvalue weighted by Gasteiger charge is -2.35. The topological polar surface area (TPSA) is 106 Å². The van der Waals surface area contributed by atoms with Crippen molar-refractivity contribution < 1.29 is 13.6 Å². The molecule has 2 aromatic carbocycles. The number of carbonyl (C=O) groups is 1. The Morgan fingerprint density at radius 3 is 2.61 bits per heavy atom. The van der Waals surface area contributed by atoms with Crippen LogP contribution < -0.4 is 10.5 Å². The van der Waals surface area contributed by atoms with E-state index in [1.54, 1.807) is 35.2 Å². The average molecular weight is 486 g/mol. The third-order valence-electron chi connectivity index (χ3n) is 6.24. The Morgan fingerprint density at radius 1 is 1.08 bits per heavy atom. The fourth-order valence-electron chi connectivity index (χ4n) is 4.35. The van der Waals surface area contributed by atoms with E-state index in [-0.39, 0.29) is 23.1 Å². The number of carbonyl (C=O) groups excluding carboxylic acids is 1. The van der Waals surface area contributed by atoms with Gasteiger partial charge in [-0.2, -0.15) is 10.4 Å². The number of amides is 1.